The molecule has 19 heavy (non-hydrogen) atoms. The third-order valence-electron chi connectivity index (χ3n) is 2.93. The number of esters is 1. The minimum atomic E-state index is -0.455. The van der Waals surface area contributed by atoms with Gasteiger partial charge >= 0.3 is 13.1 Å². The Morgan fingerprint density at radius 1 is 1.68 bits per heavy atom. The van der Waals surface area contributed by atoms with E-state index in [2.05, 4.69) is 5.10 Å². The SMILES string of the molecule is CCOC(=O)C(C)n1cc(B2OCC(C)(C)O2)cn1. The smallest absolute Gasteiger partial charge is 0.464 e. The molecule has 1 saturated heterocycles. The average molecular weight is 266 g/mol. The van der Waals surface area contributed by atoms with Gasteiger partial charge in [0.25, 0.3) is 0 Å². The van der Waals surface area contributed by atoms with Gasteiger partial charge < -0.3 is 14.0 Å². The summed E-state index contributed by atoms with van der Waals surface area (Å²) in [5.74, 6) is -0.300. The summed E-state index contributed by atoms with van der Waals surface area (Å²) in [6.45, 7) is 8.37. The molecule has 0 aliphatic carbocycles. The highest BCUT2D eigenvalue weighted by molar-refractivity contribution is 6.61. The topological polar surface area (TPSA) is 62.6 Å². The molecule has 6 nitrogen and oxygen atoms in total. The van der Waals surface area contributed by atoms with Gasteiger partial charge in [-0.1, -0.05) is 0 Å². The molecule has 0 amide bonds. The number of nitrogens with zero attached hydrogens (tertiary/aromatic N) is 2. The zero-order valence-corrected chi connectivity index (χ0v) is 11.8. The van der Waals surface area contributed by atoms with E-state index in [0.29, 0.717) is 13.2 Å². The quantitative estimate of drug-likeness (QED) is 0.587. The van der Waals surface area contributed by atoms with E-state index in [0.717, 1.165) is 5.46 Å². The number of ether oxygens (including phenoxy) is 1. The molecule has 0 bridgehead atoms. The van der Waals surface area contributed by atoms with Crippen molar-refractivity contribution in [2.45, 2.75) is 39.3 Å². The van der Waals surface area contributed by atoms with Gasteiger partial charge in [-0.25, -0.2) is 4.79 Å². The van der Waals surface area contributed by atoms with Crippen molar-refractivity contribution in [3.63, 3.8) is 0 Å². The van der Waals surface area contributed by atoms with E-state index in [4.69, 9.17) is 14.0 Å². The maximum Gasteiger partial charge on any atom is 0.497 e. The van der Waals surface area contributed by atoms with Crippen molar-refractivity contribution in [1.29, 1.82) is 0 Å². The lowest BCUT2D eigenvalue weighted by molar-refractivity contribution is -0.146. The number of rotatable bonds is 4. The van der Waals surface area contributed by atoms with Crippen molar-refractivity contribution in [3.8, 4) is 0 Å². The van der Waals surface area contributed by atoms with Gasteiger partial charge in [0.2, 0.25) is 0 Å². The Morgan fingerprint density at radius 3 is 3.00 bits per heavy atom. The fourth-order valence-electron chi connectivity index (χ4n) is 1.86. The fraction of sp³-hybridized carbons (Fsp3) is 0.667. The van der Waals surface area contributed by atoms with Crippen molar-refractivity contribution in [2.24, 2.45) is 0 Å². The van der Waals surface area contributed by atoms with E-state index < -0.39 is 13.2 Å². The van der Waals surface area contributed by atoms with Crippen LogP contribution in [0.1, 0.15) is 33.7 Å². The fourth-order valence-corrected chi connectivity index (χ4v) is 1.86. The highest BCUT2D eigenvalue weighted by Gasteiger charge is 2.39. The van der Waals surface area contributed by atoms with Crippen LogP contribution in [-0.4, -0.2) is 41.7 Å². The molecule has 1 fully saturated rings. The second kappa shape index (κ2) is 5.34. The Labute approximate surface area is 113 Å². The Bertz CT molecular complexity index is 460. The molecule has 1 aromatic heterocycles. The molecular weight excluding hydrogens is 247 g/mol. The second-order valence-electron chi connectivity index (χ2n) is 5.20. The van der Waals surface area contributed by atoms with E-state index in [1.807, 2.05) is 13.8 Å². The third kappa shape index (κ3) is 3.16. The molecule has 2 rings (SSSR count). The highest BCUT2D eigenvalue weighted by atomic mass is 16.7. The van der Waals surface area contributed by atoms with Crippen LogP contribution in [0, 0.1) is 0 Å². The Kier molecular flexibility index (Phi) is 3.96. The number of aromatic nitrogens is 2. The molecule has 104 valence electrons. The van der Waals surface area contributed by atoms with E-state index >= 15 is 0 Å². The average Bonchev–Trinajstić information content (AvgIpc) is 2.94. The van der Waals surface area contributed by atoms with Crippen molar-refractivity contribution in [3.05, 3.63) is 12.4 Å². The lowest BCUT2D eigenvalue weighted by Gasteiger charge is -2.15. The minimum absolute atomic E-state index is 0.292. The van der Waals surface area contributed by atoms with Crippen LogP contribution in [-0.2, 0) is 18.8 Å². The van der Waals surface area contributed by atoms with Gasteiger partial charge in [0.05, 0.1) is 18.8 Å². The van der Waals surface area contributed by atoms with Gasteiger partial charge in [-0.2, -0.15) is 5.10 Å². The summed E-state index contributed by atoms with van der Waals surface area (Å²) in [7, 11) is -0.418. The summed E-state index contributed by atoms with van der Waals surface area (Å²) in [5, 5.41) is 4.17. The monoisotopic (exact) mass is 266 g/mol. The lowest BCUT2D eigenvalue weighted by Crippen LogP contribution is -2.33. The summed E-state index contributed by atoms with van der Waals surface area (Å²) in [5.41, 5.74) is 0.515. The third-order valence-corrected chi connectivity index (χ3v) is 2.93. The van der Waals surface area contributed by atoms with E-state index in [9.17, 15) is 4.79 Å². The molecule has 1 aliphatic heterocycles. The van der Waals surface area contributed by atoms with Crippen molar-refractivity contribution in [1.82, 2.24) is 9.78 Å². The first-order chi connectivity index (χ1) is 8.93. The normalized spacial score (nSPS) is 19.5. The Hall–Kier alpha value is -1.34. The van der Waals surface area contributed by atoms with Crippen molar-refractivity contribution in [2.75, 3.05) is 13.2 Å². The first-order valence-corrected chi connectivity index (χ1v) is 6.43. The molecule has 1 aromatic rings. The Balaban J connectivity index is 2.05. The van der Waals surface area contributed by atoms with E-state index in [1.54, 1.807) is 30.9 Å². The van der Waals surface area contributed by atoms with Gasteiger partial charge in [-0.3, -0.25) is 4.68 Å². The van der Waals surface area contributed by atoms with Crippen LogP contribution < -0.4 is 5.46 Å². The van der Waals surface area contributed by atoms with Crippen LogP contribution in [0.25, 0.3) is 0 Å². The van der Waals surface area contributed by atoms with Crippen LogP contribution in [0.2, 0.25) is 0 Å². The molecule has 0 N–H and O–H groups in total. The van der Waals surface area contributed by atoms with E-state index in [1.165, 1.54) is 0 Å². The van der Waals surface area contributed by atoms with Crippen LogP contribution in [0.4, 0.5) is 0 Å². The molecule has 1 aliphatic rings. The second-order valence-corrected chi connectivity index (χ2v) is 5.20. The van der Waals surface area contributed by atoms with Gasteiger partial charge in [0, 0.05) is 17.9 Å². The van der Waals surface area contributed by atoms with Crippen LogP contribution in [0.5, 0.6) is 0 Å². The van der Waals surface area contributed by atoms with E-state index in [-0.39, 0.29) is 11.6 Å². The summed E-state index contributed by atoms with van der Waals surface area (Å²) in [6, 6.07) is -0.455. The van der Waals surface area contributed by atoms with Gasteiger partial charge in [0.15, 0.2) is 0 Å². The number of hydrogen-bond donors (Lipinski definition) is 0. The first-order valence-electron chi connectivity index (χ1n) is 6.43. The minimum Gasteiger partial charge on any atom is -0.464 e. The Morgan fingerprint density at radius 2 is 2.42 bits per heavy atom. The summed E-state index contributed by atoms with van der Waals surface area (Å²) in [4.78, 5) is 11.6. The lowest BCUT2D eigenvalue weighted by atomic mass is 9.82. The number of carbonyl (C=O) groups excluding carboxylic acids is 1. The molecule has 0 aromatic carbocycles. The summed E-state index contributed by atoms with van der Waals surface area (Å²) in [6.07, 6.45) is 3.41. The summed E-state index contributed by atoms with van der Waals surface area (Å²) < 4.78 is 17.8. The van der Waals surface area contributed by atoms with Gasteiger partial charge in [0.1, 0.15) is 6.04 Å². The molecule has 0 saturated carbocycles. The van der Waals surface area contributed by atoms with Crippen LogP contribution in [0.3, 0.4) is 0 Å². The van der Waals surface area contributed by atoms with Gasteiger partial charge in [-0.15, -0.1) is 0 Å². The highest BCUT2D eigenvalue weighted by Crippen LogP contribution is 2.19. The molecular formula is C12H19BN2O4. The summed E-state index contributed by atoms with van der Waals surface area (Å²) >= 11 is 0. The van der Waals surface area contributed by atoms with Crippen LogP contribution in [0.15, 0.2) is 12.4 Å². The maximum atomic E-state index is 11.6. The maximum absolute atomic E-state index is 11.6. The molecule has 1 atom stereocenters. The number of carbonyl (C=O) groups is 1. The zero-order chi connectivity index (χ0) is 14.0. The molecule has 0 radical (unpaired) electrons. The first kappa shape index (κ1) is 14.1. The molecule has 7 heteroatoms. The van der Waals surface area contributed by atoms with Gasteiger partial charge in [-0.05, 0) is 27.7 Å². The molecule has 0 spiro atoms. The molecule has 1 unspecified atom stereocenters. The number of hydrogen-bond acceptors (Lipinski definition) is 5. The van der Waals surface area contributed by atoms with Crippen molar-refractivity contribution >= 4 is 18.6 Å². The van der Waals surface area contributed by atoms with Crippen molar-refractivity contribution < 1.29 is 18.8 Å². The predicted octanol–water partition coefficient (Wildman–Crippen LogP) is 0.528. The standard InChI is InChI=1S/C12H19BN2O4/c1-5-17-11(16)9(2)15-7-10(6-14-15)13-18-8-12(3,4)19-13/h6-7,9H,5,8H2,1-4H3. The largest absolute Gasteiger partial charge is 0.497 e. The zero-order valence-electron chi connectivity index (χ0n) is 11.8. The predicted molar refractivity (Wildman–Crippen MR) is 70.1 cm³/mol. The molecule has 2 heterocycles. The van der Waals surface area contributed by atoms with Crippen LogP contribution >= 0.6 is 0 Å².